The number of nitrogens with zero attached hydrogens (tertiary/aromatic N) is 2. The third-order valence-corrected chi connectivity index (χ3v) is 4.56. The zero-order valence-electron chi connectivity index (χ0n) is 12.5. The SMILES string of the molecule is CN(C)C(=O)N1CC[C@@]2(C[C@H]2C(=O)NCc2ccco2)C1. The molecule has 21 heavy (non-hydrogen) atoms. The van der Waals surface area contributed by atoms with Gasteiger partial charge in [0.05, 0.1) is 12.8 Å². The minimum Gasteiger partial charge on any atom is -0.467 e. The average Bonchev–Trinajstić information content (AvgIpc) is 2.83. The van der Waals surface area contributed by atoms with Crippen LogP contribution in [0.15, 0.2) is 22.8 Å². The number of carbonyl (C=O) groups is 2. The van der Waals surface area contributed by atoms with Crippen molar-refractivity contribution >= 4 is 11.9 Å². The molecule has 1 aliphatic heterocycles. The Hall–Kier alpha value is -1.98. The number of nitrogens with one attached hydrogen (secondary N) is 1. The van der Waals surface area contributed by atoms with Gasteiger partial charge in [-0.2, -0.15) is 0 Å². The summed E-state index contributed by atoms with van der Waals surface area (Å²) in [5, 5.41) is 2.92. The smallest absolute Gasteiger partial charge is 0.319 e. The van der Waals surface area contributed by atoms with E-state index in [2.05, 4.69) is 5.32 Å². The molecule has 2 heterocycles. The minimum absolute atomic E-state index is 0.0128. The van der Waals surface area contributed by atoms with Crippen molar-refractivity contribution in [3.8, 4) is 0 Å². The van der Waals surface area contributed by atoms with Gasteiger partial charge in [0.2, 0.25) is 5.91 Å². The molecule has 1 spiro atoms. The minimum atomic E-state index is 0.0128. The lowest BCUT2D eigenvalue weighted by Crippen LogP contribution is -2.38. The molecule has 1 aliphatic carbocycles. The van der Waals surface area contributed by atoms with Crippen LogP contribution in [-0.4, -0.2) is 48.9 Å². The third-order valence-electron chi connectivity index (χ3n) is 4.56. The maximum absolute atomic E-state index is 12.2. The number of likely N-dealkylation sites (tertiary alicyclic amines) is 1. The monoisotopic (exact) mass is 291 g/mol. The second kappa shape index (κ2) is 5.09. The van der Waals surface area contributed by atoms with Gasteiger partial charge in [-0.05, 0) is 25.0 Å². The van der Waals surface area contributed by atoms with Gasteiger partial charge in [-0.15, -0.1) is 0 Å². The zero-order valence-corrected chi connectivity index (χ0v) is 12.5. The van der Waals surface area contributed by atoms with Crippen LogP contribution in [0, 0.1) is 11.3 Å². The van der Waals surface area contributed by atoms with Gasteiger partial charge in [-0.1, -0.05) is 0 Å². The summed E-state index contributed by atoms with van der Waals surface area (Å²) in [7, 11) is 3.52. The molecule has 1 aromatic rings. The van der Waals surface area contributed by atoms with E-state index in [0.717, 1.165) is 25.1 Å². The average molecular weight is 291 g/mol. The van der Waals surface area contributed by atoms with Crippen LogP contribution in [-0.2, 0) is 11.3 Å². The number of rotatable bonds is 3. The number of urea groups is 1. The third kappa shape index (κ3) is 2.62. The summed E-state index contributed by atoms with van der Waals surface area (Å²) in [6, 6.07) is 3.69. The highest BCUT2D eigenvalue weighted by Gasteiger charge is 2.61. The lowest BCUT2D eigenvalue weighted by molar-refractivity contribution is -0.123. The first-order valence-corrected chi connectivity index (χ1v) is 7.28. The predicted octanol–water partition coefficient (Wildman–Crippen LogP) is 1.29. The zero-order chi connectivity index (χ0) is 15.0. The molecule has 1 saturated carbocycles. The summed E-state index contributed by atoms with van der Waals surface area (Å²) in [6.45, 7) is 1.88. The van der Waals surface area contributed by atoms with E-state index >= 15 is 0 Å². The van der Waals surface area contributed by atoms with E-state index in [4.69, 9.17) is 4.42 Å². The van der Waals surface area contributed by atoms with Crippen molar-refractivity contribution in [2.24, 2.45) is 11.3 Å². The molecule has 1 aromatic heterocycles. The van der Waals surface area contributed by atoms with E-state index in [1.54, 1.807) is 25.3 Å². The van der Waals surface area contributed by atoms with Crippen molar-refractivity contribution in [3.05, 3.63) is 24.2 Å². The molecule has 2 atom stereocenters. The molecule has 2 fully saturated rings. The van der Waals surface area contributed by atoms with Crippen molar-refractivity contribution in [2.75, 3.05) is 27.2 Å². The van der Waals surface area contributed by atoms with Gasteiger partial charge in [-0.3, -0.25) is 4.79 Å². The Morgan fingerprint density at radius 3 is 3.00 bits per heavy atom. The molecule has 1 N–H and O–H groups in total. The summed E-state index contributed by atoms with van der Waals surface area (Å²) < 4.78 is 5.20. The van der Waals surface area contributed by atoms with Crippen molar-refractivity contribution in [3.63, 3.8) is 0 Å². The molecular weight excluding hydrogens is 270 g/mol. The number of hydrogen-bond acceptors (Lipinski definition) is 3. The first kappa shape index (κ1) is 14.0. The Morgan fingerprint density at radius 1 is 1.52 bits per heavy atom. The largest absolute Gasteiger partial charge is 0.467 e. The Labute approximate surface area is 124 Å². The fourth-order valence-corrected chi connectivity index (χ4v) is 3.22. The molecule has 1 saturated heterocycles. The predicted molar refractivity (Wildman–Crippen MR) is 76.4 cm³/mol. The molecule has 114 valence electrons. The Kier molecular flexibility index (Phi) is 3.39. The van der Waals surface area contributed by atoms with Crippen LogP contribution in [0.1, 0.15) is 18.6 Å². The van der Waals surface area contributed by atoms with Gasteiger partial charge in [0.25, 0.3) is 0 Å². The highest BCUT2D eigenvalue weighted by molar-refractivity contribution is 5.83. The molecule has 6 heteroatoms. The highest BCUT2D eigenvalue weighted by atomic mass is 16.3. The Bertz CT molecular complexity index is 540. The van der Waals surface area contributed by atoms with Crippen molar-refractivity contribution < 1.29 is 14.0 Å². The van der Waals surface area contributed by atoms with Crippen molar-refractivity contribution in [1.29, 1.82) is 0 Å². The van der Waals surface area contributed by atoms with Gasteiger partial charge >= 0.3 is 6.03 Å². The molecule has 2 aliphatic rings. The topological polar surface area (TPSA) is 65.8 Å². The summed E-state index contributed by atoms with van der Waals surface area (Å²) in [6.07, 6.45) is 3.40. The Balaban J connectivity index is 1.51. The standard InChI is InChI=1S/C15H21N3O3/c1-17(2)14(20)18-6-5-15(10-18)8-12(15)13(19)16-9-11-4-3-7-21-11/h3-4,7,12H,5-6,8-10H2,1-2H3,(H,16,19)/t12-,15+/m0/s1. The van der Waals surface area contributed by atoms with Crippen molar-refractivity contribution in [1.82, 2.24) is 15.1 Å². The molecule has 0 unspecified atom stereocenters. The first-order valence-electron chi connectivity index (χ1n) is 7.28. The summed E-state index contributed by atoms with van der Waals surface area (Å²) in [5.41, 5.74) is 0.0128. The van der Waals surface area contributed by atoms with E-state index in [1.807, 2.05) is 17.0 Å². The van der Waals surface area contributed by atoms with Crippen LogP contribution < -0.4 is 5.32 Å². The van der Waals surface area contributed by atoms with Gasteiger partial charge in [-0.25, -0.2) is 4.79 Å². The summed E-state index contributed by atoms with van der Waals surface area (Å²) in [4.78, 5) is 27.6. The second-order valence-electron chi connectivity index (χ2n) is 6.26. The van der Waals surface area contributed by atoms with E-state index in [-0.39, 0.29) is 23.3 Å². The number of furan rings is 1. The van der Waals surface area contributed by atoms with Crippen LogP contribution in [0.25, 0.3) is 0 Å². The molecule has 3 rings (SSSR count). The number of carbonyl (C=O) groups excluding carboxylic acids is 2. The van der Waals surface area contributed by atoms with Gasteiger partial charge < -0.3 is 19.5 Å². The van der Waals surface area contributed by atoms with Crippen LogP contribution in [0.5, 0.6) is 0 Å². The fourth-order valence-electron chi connectivity index (χ4n) is 3.22. The normalized spacial score (nSPS) is 27.0. The summed E-state index contributed by atoms with van der Waals surface area (Å²) >= 11 is 0. The molecular formula is C15H21N3O3. The lowest BCUT2D eigenvalue weighted by Gasteiger charge is -2.21. The van der Waals surface area contributed by atoms with Crippen LogP contribution >= 0.6 is 0 Å². The number of amides is 3. The fraction of sp³-hybridized carbons (Fsp3) is 0.600. The second-order valence-corrected chi connectivity index (χ2v) is 6.26. The Morgan fingerprint density at radius 2 is 2.33 bits per heavy atom. The lowest BCUT2D eigenvalue weighted by atomic mass is 10.0. The van der Waals surface area contributed by atoms with Gasteiger partial charge in [0.15, 0.2) is 0 Å². The molecule has 0 aromatic carbocycles. The van der Waals surface area contributed by atoms with E-state index < -0.39 is 0 Å². The quantitative estimate of drug-likeness (QED) is 0.912. The maximum Gasteiger partial charge on any atom is 0.319 e. The molecule has 3 amide bonds. The molecule has 6 nitrogen and oxygen atoms in total. The van der Waals surface area contributed by atoms with E-state index in [0.29, 0.717) is 13.1 Å². The van der Waals surface area contributed by atoms with Gasteiger partial charge in [0, 0.05) is 38.5 Å². The van der Waals surface area contributed by atoms with Crippen molar-refractivity contribution in [2.45, 2.75) is 19.4 Å². The highest BCUT2D eigenvalue weighted by Crippen LogP contribution is 2.58. The first-order chi connectivity index (χ1) is 10.0. The van der Waals surface area contributed by atoms with E-state index in [1.165, 1.54) is 0 Å². The maximum atomic E-state index is 12.2. The van der Waals surface area contributed by atoms with Crippen LogP contribution in [0.4, 0.5) is 4.79 Å². The van der Waals surface area contributed by atoms with Crippen LogP contribution in [0.3, 0.4) is 0 Å². The van der Waals surface area contributed by atoms with E-state index in [9.17, 15) is 9.59 Å². The van der Waals surface area contributed by atoms with Crippen LogP contribution in [0.2, 0.25) is 0 Å². The molecule has 0 bridgehead atoms. The van der Waals surface area contributed by atoms with Gasteiger partial charge in [0.1, 0.15) is 5.76 Å². The number of hydrogen-bond donors (Lipinski definition) is 1. The summed E-state index contributed by atoms with van der Waals surface area (Å²) in [5.74, 6) is 0.867. The molecule has 0 radical (unpaired) electrons.